The molecule has 0 unspecified atom stereocenters. The lowest BCUT2D eigenvalue weighted by Crippen LogP contribution is -2.27. The molecule has 31 heavy (non-hydrogen) atoms. The van der Waals surface area contributed by atoms with Crippen LogP contribution in [0, 0.1) is 11.8 Å². The van der Waals surface area contributed by atoms with Crippen molar-refractivity contribution in [2.45, 2.75) is 42.6 Å². The number of carboxylic acid groups (broad SMARTS) is 1. The number of ether oxygens (including phenoxy) is 1. The largest absolute Gasteiger partial charge is 0.493 e. The van der Waals surface area contributed by atoms with E-state index >= 15 is 0 Å². The van der Waals surface area contributed by atoms with Crippen LogP contribution in [0.1, 0.15) is 49.7 Å². The summed E-state index contributed by atoms with van der Waals surface area (Å²) in [6.45, 7) is 7.25. The third-order valence-electron chi connectivity index (χ3n) is 4.61. The molecule has 0 saturated heterocycles. The van der Waals surface area contributed by atoms with Crippen LogP contribution in [0.3, 0.4) is 0 Å². The van der Waals surface area contributed by atoms with Gasteiger partial charge in [0, 0.05) is 22.4 Å². The van der Waals surface area contributed by atoms with Gasteiger partial charge in [-0.15, -0.1) is 40.4 Å². The SMILES string of the molecule is CCSc1cc2c(cc1C#Cc1ccc(CC(=O)O)nn1)C(SCC)(SCC)CCO2. The van der Waals surface area contributed by atoms with E-state index in [0.717, 1.165) is 46.5 Å². The van der Waals surface area contributed by atoms with Gasteiger partial charge in [0.25, 0.3) is 0 Å². The lowest BCUT2D eigenvalue weighted by molar-refractivity contribution is -0.136. The fraction of sp³-hybridized carbons (Fsp3) is 0.435. The first kappa shape index (κ1) is 23.8. The molecule has 1 N–H and O–H groups in total. The maximum atomic E-state index is 10.8. The van der Waals surface area contributed by atoms with Gasteiger partial charge in [-0.25, -0.2) is 0 Å². The van der Waals surface area contributed by atoms with Crippen LogP contribution in [0.5, 0.6) is 5.75 Å². The molecule has 0 bridgehead atoms. The molecule has 0 atom stereocenters. The van der Waals surface area contributed by atoms with Crippen molar-refractivity contribution >= 4 is 41.3 Å². The van der Waals surface area contributed by atoms with Crippen molar-refractivity contribution in [1.82, 2.24) is 10.2 Å². The van der Waals surface area contributed by atoms with Gasteiger partial charge in [0.1, 0.15) is 11.4 Å². The molecule has 164 valence electrons. The Morgan fingerprint density at radius 1 is 1.13 bits per heavy atom. The molecule has 2 aromatic rings. The second-order valence-corrected chi connectivity index (χ2v) is 11.4. The smallest absolute Gasteiger partial charge is 0.309 e. The van der Waals surface area contributed by atoms with Crippen molar-refractivity contribution in [2.24, 2.45) is 0 Å². The topological polar surface area (TPSA) is 72.3 Å². The van der Waals surface area contributed by atoms with E-state index < -0.39 is 5.97 Å². The molecule has 8 heteroatoms. The summed E-state index contributed by atoms with van der Waals surface area (Å²) in [6.07, 6.45) is 0.829. The number of benzene rings is 1. The minimum Gasteiger partial charge on any atom is -0.493 e. The highest BCUT2D eigenvalue weighted by atomic mass is 32.2. The Bertz CT molecular complexity index is 978. The van der Waals surface area contributed by atoms with Crippen LogP contribution in [0.25, 0.3) is 0 Å². The summed E-state index contributed by atoms with van der Waals surface area (Å²) >= 11 is 5.70. The predicted molar refractivity (Wildman–Crippen MR) is 130 cm³/mol. The number of nitrogens with zero attached hydrogens (tertiary/aromatic N) is 2. The Labute approximate surface area is 196 Å². The van der Waals surface area contributed by atoms with Crippen molar-refractivity contribution in [3.05, 3.63) is 46.8 Å². The Hall–Kier alpha value is -1.82. The van der Waals surface area contributed by atoms with Crippen molar-refractivity contribution in [1.29, 1.82) is 0 Å². The van der Waals surface area contributed by atoms with E-state index in [1.54, 1.807) is 23.9 Å². The van der Waals surface area contributed by atoms with Gasteiger partial charge in [-0.05, 0) is 47.4 Å². The number of fused-ring (bicyclic) bond motifs is 1. The molecule has 0 amide bonds. The maximum Gasteiger partial charge on any atom is 0.309 e. The number of thioether (sulfide) groups is 3. The average Bonchev–Trinajstić information content (AvgIpc) is 2.74. The standard InChI is InChI=1S/C23H26N2O3S3/c1-4-29-21-15-20-19(23(30-5-2,31-6-3)11-12-28-20)13-16(21)7-8-17-9-10-18(25-24-17)14-22(26)27/h9-10,13,15H,4-6,11-12,14H2,1-3H3,(H,26,27). The first-order valence-corrected chi connectivity index (χ1v) is 13.3. The Morgan fingerprint density at radius 3 is 2.52 bits per heavy atom. The average molecular weight is 475 g/mol. The van der Waals surface area contributed by atoms with Crippen molar-refractivity contribution in [3.63, 3.8) is 0 Å². The molecule has 1 aliphatic heterocycles. The van der Waals surface area contributed by atoms with E-state index in [4.69, 9.17) is 9.84 Å². The Kier molecular flexibility index (Phi) is 8.58. The van der Waals surface area contributed by atoms with Crippen LogP contribution in [0.4, 0.5) is 0 Å². The van der Waals surface area contributed by atoms with Gasteiger partial charge in [-0.3, -0.25) is 4.79 Å². The van der Waals surface area contributed by atoms with E-state index in [0.29, 0.717) is 11.4 Å². The first-order valence-electron chi connectivity index (χ1n) is 10.3. The lowest BCUT2D eigenvalue weighted by Gasteiger charge is -2.38. The predicted octanol–water partition coefficient (Wildman–Crippen LogP) is 5.06. The van der Waals surface area contributed by atoms with Crippen molar-refractivity contribution in [3.8, 4) is 17.6 Å². The quantitative estimate of drug-likeness (QED) is 0.323. The van der Waals surface area contributed by atoms with E-state index in [9.17, 15) is 4.79 Å². The van der Waals surface area contributed by atoms with Crippen LogP contribution in [-0.4, -0.2) is 45.1 Å². The summed E-state index contributed by atoms with van der Waals surface area (Å²) in [5.74, 6) is 9.44. The highest BCUT2D eigenvalue weighted by Gasteiger charge is 2.38. The van der Waals surface area contributed by atoms with Gasteiger partial charge in [-0.2, -0.15) is 5.10 Å². The zero-order valence-corrected chi connectivity index (χ0v) is 20.4. The van der Waals surface area contributed by atoms with Crippen LogP contribution in [-0.2, 0) is 15.3 Å². The molecular weight excluding hydrogens is 448 g/mol. The second-order valence-electron chi connectivity index (χ2n) is 6.73. The summed E-state index contributed by atoms with van der Waals surface area (Å²) in [5, 5.41) is 16.9. The molecule has 3 rings (SSSR count). The van der Waals surface area contributed by atoms with Crippen molar-refractivity contribution in [2.75, 3.05) is 23.9 Å². The summed E-state index contributed by atoms with van der Waals surface area (Å²) < 4.78 is 6.05. The molecule has 0 aliphatic carbocycles. The lowest BCUT2D eigenvalue weighted by atomic mass is 10.0. The van der Waals surface area contributed by atoms with Gasteiger partial charge in [0.15, 0.2) is 0 Å². The molecule has 1 aliphatic rings. The molecule has 0 fully saturated rings. The molecule has 1 aromatic carbocycles. The molecule has 0 saturated carbocycles. The van der Waals surface area contributed by atoms with Crippen molar-refractivity contribution < 1.29 is 14.6 Å². The normalized spacial score (nSPS) is 14.2. The zero-order valence-electron chi connectivity index (χ0n) is 17.9. The highest BCUT2D eigenvalue weighted by Crippen LogP contribution is 2.55. The van der Waals surface area contributed by atoms with E-state index in [-0.39, 0.29) is 10.5 Å². The maximum absolute atomic E-state index is 10.8. The summed E-state index contributed by atoms with van der Waals surface area (Å²) in [7, 11) is 0. The third-order valence-corrected chi connectivity index (χ3v) is 8.62. The minimum absolute atomic E-state index is 0.0127. The summed E-state index contributed by atoms with van der Waals surface area (Å²) in [4.78, 5) is 11.9. The second kappa shape index (κ2) is 11.2. The fourth-order valence-corrected chi connectivity index (χ4v) is 7.22. The van der Waals surface area contributed by atoms with E-state index in [1.165, 1.54) is 5.56 Å². The summed E-state index contributed by atoms with van der Waals surface area (Å²) in [6, 6.07) is 7.71. The van der Waals surface area contributed by atoms with Crippen LogP contribution in [0.15, 0.2) is 29.2 Å². The monoisotopic (exact) mass is 474 g/mol. The van der Waals surface area contributed by atoms with Gasteiger partial charge >= 0.3 is 5.97 Å². The Balaban J connectivity index is 2.00. The third kappa shape index (κ3) is 5.91. The molecule has 2 heterocycles. The number of aromatic nitrogens is 2. The van der Waals surface area contributed by atoms with E-state index in [2.05, 4.69) is 54.9 Å². The molecular formula is C23H26N2O3S3. The van der Waals surface area contributed by atoms with Gasteiger partial charge in [0.05, 0.1) is 22.8 Å². The minimum atomic E-state index is -0.927. The van der Waals surface area contributed by atoms with E-state index in [1.807, 2.05) is 23.5 Å². The first-order chi connectivity index (χ1) is 15.0. The summed E-state index contributed by atoms with van der Waals surface area (Å²) in [5.41, 5.74) is 3.12. The number of carboxylic acids is 1. The van der Waals surface area contributed by atoms with Crippen LogP contribution in [0.2, 0.25) is 0 Å². The number of rotatable bonds is 8. The number of hydrogen-bond donors (Lipinski definition) is 1. The van der Waals surface area contributed by atoms with Crippen LogP contribution >= 0.6 is 35.3 Å². The molecule has 5 nitrogen and oxygen atoms in total. The Morgan fingerprint density at radius 2 is 1.90 bits per heavy atom. The number of carbonyl (C=O) groups is 1. The van der Waals surface area contributed by atoms with Gasteiger partial charge < -0.3 is 9.84 Å². The fourth-order valence-electron chi connectivity index (χ4n) is 3.40. The molecule has 0 spiro atoms. The molecule has 1 aromatic heterocycles. The number of hydrogen-bond acceptors (Lipinski definition) is 7. The van der Waals surface area contributed by atoms with Crippen LogP contribution < -0.4 is 4.74 Å². The molecule has 0 radical (unpaired) electrons. The van der Waals surface area contributed by atoms with Gasteiger partial charge in [0.2, 0.25) is 0 Å². The zero-order chi connectivity index (χ0) is 22.3. The van der Waals surface area contributed by atoms with Gasteiger partial charge in [-0.1, -0.05) is 26.7 Å². The number of aliphatic carboxylic acids is 1. The highest BCUT2D eigenvalue weighted by molar-refractivity contribution is 8.17.